The maximum absolute atomic E-state index is 12.2. The number of rotatable bonds is 10. The van der Waals surface area contributed by atoms with Crippen molar-refractivity contribution in [3.63, 3.8) is 0 Å². The molecule has 0 bridgehead atoms. The molecule has 0 amide bonds. The molecule has 6 nitrogen and oxygen atoms in total. The van der Waals surface area contributed by atoms with Gasteiger partial charge in [0.2, 0.25) is 0 Å². The van der Waals surface area contributed by atoms with E-state index in [9.17, 15) is 13.2 Å². The third kappa shape index (κ3) is 6.02. The van der Waals surface area contributed by atoms with Gasteiger partial charge in [-0.1, -0.05) is 36.4 Å². The van der Waals surface area contributed by atoms with Crippen molar-refractivity contribution in [2.75, 3.05) is 25.3 Å². The first-order valence-electron chi connectivity index (χ1n) is 8.78. The molecule has 28 heavy (non-hydrogen) atoms. The summed E-state index contributed by atoms with van der Waals surface area (Å²) in [7, 11) is -2.33. The van der Waals surface area contributed by atoms with Crippen LogP contribution in [0, 0.1) is 6.92 Å². The van der Waals surface area contributed by atoms with Crippen molar-refractivity contribution in [2.45, 2.75) is 25.2 Å². The predicted octanol–water partition coefficient (Wildman–Crippen LogP) is 3.46. The highest BCUT2D eigenvalue weighted by Crippen LogP contribution is 2.17. The Morgan fingerprint density at radius 1 is 1.07 bits per heavy atom. The Bertz CT molecular complexity index is 918. The minimum atomic E-state index is -3.82. The number of anilines is 1. The van der Waals surface area contributed by atoms with E-state index < -0.39 is 10.1 Å². The second kappa shape index (κ2) is 9.64. The average Bonchev–Trinajstić information content (AvgIpc) is 2.66. The second-order valence-corrected chi connectivity index (χ2v) is 8.04. The van der Waals surface area contributed by atoms with Crippen LogP contribution in [0.2, 0.25) is 0 Å². The molecule has 0 aromatic heterocycles. The fraction of sp³-hybridized carbons (Fsp3) is 0.286. The lowest BCUT2D eigenvalue weighted by Crippen LogP contribution is -2.27. The normalized spacial score (nSPS) is 11.2. The maximum Gasteiger partial charge on any atom is 0.297 e. The van der Waals surface area contributed by atoms with Crippen molar-refractivity contribution < 1.29 is 22.2 Å². The third-order valence-electron chi connectivity index (χ3n) is 4.13. The van der Waals surface area contributed by atoms with Crippen LogP contribution in [0.3, 0.4) is 0 Å². The van der Waals surface area contributed by atoms with Crippen molar-refractivity contribution >= 4 is 21.6 Å². The van der Waals surface area contributed by atoms with Crippen LogP contribution >= 0.6 is 0 Å². The highest BCUT2D eigenvalue weighted by Gasteiger charge is 2.16. The number of hydrogen-bond donors (Lipinski definition) is 0. The summed E-state index contributed by atoms with van der Waals surface area (Å²) in [6, 6.07) is 13.7. The minimum Gasteiger partial charge on any atom is -0.294 e. The molecule has 0 radical (unpaired) electrons. The van der Waals surface area contributed by atoms with Crippen LogP contribution in [0.25, 0.3) is 0 Å². The highest BCUT2D eigenvalue weighted by molar-refractivity contribution is 7.86. The third-order valence-corrected chi connectivity index (χ3v) is 5.45. The van der Waals surface area contributed by atoms with E-state index in [1.54, 1.807) is 31.2 Å². The number of benzene rings is 2. The summed E-state index contributed by atoms with van der Waals surface area (Å²) in [5.74, 6) is -0.00828. The zero-order valence-electron chi connectivity index (χ0n) is 16.3. The standard InChI is InChI=1S/C21H25NO5S/c1-16(2)21(23)15-18-7-9-19(10-8-18)22(26-4)13-14-27-28(24,25)20-11-5-17(3)6-12-20/h5-12H,1,13-15H2,2-4H3. The molecule has 0 atom stereocenters. The average molecular weight is 404 g/mol. The Kier molecular flexibility index (Phi) is 7.51. The molecule has 2 rings (SSSR count). The highest BCUT2D eigenvalue weighted by atomic mass is 32.2. The van der Waals surface area contributed by atoms with Crippen LogP contribution in [0.1, 0.15) is 18.1 Å². The molecular weight excluding hydrogens is 378 g/mol. The first-order valence-corrected chi connectivity index (χ1v) is 10.2. The van der Waals surface area contributed by atoms with Crippen molar-refractivity contribution in [3.05, 3.63) is 71.8 Å². The Labute approximate surface area is 166 Å². The molecule has 0 saturated carbocycles. The van der Waals surface area contributed by atoms with Crippen molar-refractivity contribution in [1.82, 2.24) is 0 Å². The van der Waals surface area contributed by atoms with Gasteiger partial charge in [-0.2, -0.15) is 8.42 Å². The summed E-state index contributed by atoms with van der Waals surface area (Å²) in [5.41, 5.74) is 3.09. The molecule has 0 saturated heterocycles. The molecule has 0 heterocycles. The van der Waals surface area contributed by atoms with E-state index >= 15 is 0 Å². The van der Waals surface area contributed by atoms with Crippen LogP contribution in [0.5, 0.6) is 0 Å². The molecule has 7 heteroatoms. The summed E-state index contributed by atoms with van der Waals surface area (Å²) in [5, 5.41) is 1.52. The van der Waals surface area contributed by atoms with Crippen molar-refractivity contribution in [1.29, 1.82) is 0 Å². The van der Waals surface area contributed by atoms with Gasteiger partial charge in [0.15, 0.2) is 5.78 Å². The van der Waals surface area contributed by atoms with E-state index in [-0.39, 0.29) is 23.8 Å². The maximum atomic E-state index is 12.2. The van der Waals surface area contributed by atoms with E-state index in [0.29, 0.717) is 12.0 Å². The Balaban J connectivity index is 1.95. The van der Waals surface area contributed by atoms with Gasteiger partial charge in [0.1, 0.15) is 0 Å². The second-order valence-electron chi connectivity index (χ2n) is 6.42. The van der Waals surface area contributed by atoms with Gasteiger partial charge in [0, 0.05) is 6.42 Å². The number of allylic oxidation sites excluding steroid dienone is 1. The molecule has 0 aliphatic rings. The lowest BCUT2D eigenvalue weighted by molar-refractivity contribution is -0.114. The van der Waals surface area contributed by atoms with Gasteiger partial charge in [-0.15, -0.1) is 0 Å². The summed E-state index contributed by atoms with van der Waals surface area (Å²) in [6.07, 6.45) is 0.292. The topological polar surface area (TPSA) is 72.9 Å². The molecule has 2 aromatic carbocycles. The molecule has 0 aliphatic carbocycles. The van der Waals surface area contributed by atoms with Gasteiger partial charge >= 0.3 is 0 Å². The Morgan fingerprint density at radius 3 is 2.21 bits per heavy atom. The minimum absolute atomic E-state index is 0.00828. The number of aryl methyl sites for hydroxylation is 1. The molecule has 0 fully saturated rings. The summed E-state index contributed by atoms with van der Waals surface area (Å²) in [4.78, 5) is 17.2. The largest absolute Gasteiger partial charge is 0.297 e. The number of carbonyl (C=O) groups is 1. The molecule has 0 N–H and O–H groups in total. The van der Waals surface area contributed by atoms with E-state index in [1.807, 2.05) is 19.1 Å². The number of nitrogens with zero attached hydrogens (tertiary/aromatic N) is 1. The number of hydrogen-bond acceptors (Lipinski definition) is 6. The molecule has 0 aliphatic heterocycles. The molecular formula is C21H25NO5S. The van der Waals surface area contributed by atoms with Crippen LogP contribution in [0.15, 0.2) is 65.6 Å². The van der Waals surface area contributed by atoms with Gasteiger partial charge in [0.25, 0.3) is 10.1 Å². The number of carbonyl (C=O) groups excluding carboxylic acids is 1. The van der Waals surface area contributed by atoms with Gasteiger partial charge in [0.05, 0.1) is 30.8 Å². The number of Topliss-reactive ketones (excluding diaryl/α,β-unsaturated/α-hetero) is 1. The quantitative estimate of drug-likeness (QED) is 0.344. The molecule has 0 unspecified atom stereocenters. The van der Waals surface area contributed by atoms with Crippen LogP contribution in [-0.4, -0.2) is 34.5 Å². The molecule has 2 aromatic rings. The van der Waals surface area contributed by atoms with Crippen LogP contribution in [-0.2, 0) is 30.4 Å². The Hall–Kier alpha value is -2.48. The van der Waals surface area contributed by atoms with Crippen LogP contribution < -0.4 is 5.06 Å². The zero-order chi connectivity index (χ0) is 20.7. The summed E-state index contributed by atoms with van der Waals surface area (Å²) < 4.78 is 29.6. The van der Waals surface area contributed by atoms with Crippen LogP contribution in [0.4, 0.5) is 5.69 Å². The first-order chi connectivity index (χ1) is 13.2. The van der Waals surface area contributed by atoms with E-state index in [1.165, 1.54) is 24.3 Å². The van der Waals surface area contributed by atoms with Crippen molar-refractivity contribution in [3.8, 4) is 0 Å². The van der Waals surface area contributed by atoms with E-state index in [4.69, 9.17) is 9.02 Å². The predicted molar refractivity (Wildman–Crippen MR) is 109 cm³/mol. The summed E-state index contributed by atoms with van der Waals surface area (Å²) in [6.45, 7) is 7.36. The van der Waals surface area contributed by atoms with Gasteiger partial charge < -0.3 is 0 Å². The number of hydroxylamine groups is 1. The van der Waals surface area contributed by atoms with E-state index in [2.05, 4.69) is 6.58 Å². The first kappa shape index (κ1) is 21.8. The molecule has 0 spiro atoms. The lowest BCUT2D eigenvalue weighted by atomic mass is 10.1. The zero-order valence-corrected chi connectivity index (χ0v) is 17.2. The fourth-order valence-electron chi connectivity index (χ4n) is 2.45. The lowest BCUT2D eigenvalue weighted by Gasteiger charge is -2.21. The molecule has 150 valence electrons. The van der Waals surface area contributed by atoms with Gasteiger partial charge in [-0.25, -0.2) is 0 Å². The van der Waals surface area contributed by atoms with E-state index in [0.717, 1.165) is 16.8 Å². The van der Waals surface area contributed by atoms with Crippen molar-refractivity contribution in [2.24, 2.45) is 0 Å². The summed E-state index contributed by atoms with van der Waals surface area (Å²) >= 11 is 0. The SMILES string of the molecule is C=C(C)C(=O)Cc1ccc(N(CCOS(=O)(=O)c2ccc(C)cc2)OC)cc1. The monoisotopic (exact) mass is 403 g/mol. The Morgan fingerprint density at radius 2 is 1.68 bits per heavy atom. The van der Waals surface area contributed by atoms with Gasteiger partial charge in [-0.05, 0) is 49.2 Å². The smallest absolute Gasteiger partial charge is 0.294 e. The number of ketones is 1. The fourth-order valence-corrected chi connectivity index (χ4v) is 3.34. The van der Waals surface area contributed by atoms with Gasteiger partial charge in [-0.3, -0.25) is 18.9 Å².